The van der Waals surface area contributed by atoms with Crippen LogP contribution < -0.4 is 9.47 Å². The summed E-state index contributed by atoms with van der Waals surface area (Å²) in [5.74, 6) is 1.49. The average Bonchev–Trinajstić information content (AvgIpc) is 2.60. The van der Waals surface area contributed by atoms with E-state index in [-0.39, 0.29) is 24.4 Å². The summed E-state index contributed by atoms with van der Waals surface area (Å²) < 4.78 is 11.1. The first-order valence-corrected chi connectivity index (χ1v) is 7.73. The van der Waals surface area contributed by atoms with Crippen LogP contribution >= 0.6 is 12.4 Å². The van der Waals surface area contributed by atoms with E-state index < -0.39 is 0 Å². The first-order valence-electron chi connectivity index (χ1n) is 7.73. The molecule has 1 amide bonds. The van der Waals surface area contributed by atoms with Crippen LogP contribution in [0.2, 0.25) is 0 Å². The van der Waals surface area contributed by atoms with Gasteiger partial charge >= 0.3 is 0 Å². The molecule has 5 nitrogen and oxygen atoms in total. The standard InChI is InChI=1S/C18H18N2O3.ClH/c1-22-15-6-5-11-7-9-20-14(16(11)17(15)23-2)10-13-12(18(20)21)4-3-8-19-13;/h3-6,8,14H,7,9-10H2,1-2H3;1H. The van der Waals surface area contributed by atoms with E-state index >= 15 is 0 Å². The predicted octanol–water partition coefficient (Wildman–Crippen LogP) is 2.82. The number of aromatic nitrogens is 1. The number of methoxy groups -OCH3 is 2. The van der Waals surface area contributed by atoms with Gasteiger partial charge in [0.15, 0.2) is 11.5 Å². The van der Waals surface area contributed by atoms with Crippen LogP contribution in [0.25, 0.3) is 0 Å². The van der Waals surface area contributed by atoms with Crippen molar-refractivity contribution in [3.05, 3.63) is 52.8 Å². The van der Waals surface area contributed by atoms with Crippen molar-refractivity contribution in [2.45, 2.75) is 18.9 Å². The van der Waals surface area contributed by atoms with E-state index in [0.29, 0.717) is 17.7 Å². The number of carbonyl (C=O) groups excluding carboxylic acids is 1. The number of rotatable bonds is 2. The van der Waals surface area contributed by atoms with E-state index in [9.17, 15) is 4.79 Å². The third-order valence-electron chi connectivity index (χ3n) is 4.77. The van der Waals surface area contributed by atoms with Gasteiger partial charge in [-0.2, -0.15) is 0 Å². The van der Waals surface area contributed by atoms with Gasteiger partial charge in [0.05, 0.1) is 31.5 Å². The fourth-order valence-corrected chi connectivity index (χ4v) is 3.72. The molecule has 126 valence electrons. The first kappa shape index (κ1) is 16.6. The predicted molar refractivity (Wildman–Crippen MR) is 92.2 cm³/mol. The molecule has 0 N–H and O–H groups in total. The number of hydrogen-bond donors (Lipinski definition) is 0. The van der Waals surface area contributed by atoms with E-state index in [4.69, 9.17) is 9.47 Å². The number of nitrogens with zero attached hydrogens (tertiary/aromatic N) is 2. The Morgan fingerprint density at radius 1 is 1.21 bits per heavy atom. The number of hydrogen-bond acceptors (Lipinski definition) is 4. The molecule has 6 heteroatoms. The summed E-state index contributed by atoms with van der Waals surface area (Å²) in [6.45, 7) is 0.723. The van der Waals surface area contributed by atoms with E-state index in [1.54, 1.807) is 20.4 Å². The number of carbonyl (C=O) groups is 1. The zero-order valence-corrected chi connectivity index (χ0v) is 14.4. The molecule has 3 heterocycles. The monoisotopic (exact) mass is 346 g/mol. The van der Waals surface area contributed by atoms with Gasteiger partial charge in [-0.1, -0.05) is 6.07 Å². The average molecular weight is 347 g/mol. The van der Waals surface area contributed by atoms with E-state index in [2.05, 4.69) is 11.1 Å². The maximum absolute atomic E-state index is 12.8. The SMILES string of the molecule is COc1ccc2c(c1OC)C1Cc3ncccc3C(=O)N1CC2.Cl. The van der Waals surface area contributed by atoms with Crippen molar-refractivity contribution in [2.24, 2.45) is 0 Å². The van der Waals surface area contributed by atoms with Crippen LogP contribution in [0.4, 0.5) is 0 Å². The fourth-order valence-electron chi connectivity index (χ4n) is 3.72. The molecule has 24 heavy (non-hydrogen) atoms. The van der Waals surface area contributed by atoms with Gasteiger partial charge in [0.1, 0.15) is 0 Å². The minimum absolute atomic E-state index is 0. The molecule has 0 aliphatic carbocycles. The van der Waals surface area contributed by atoms with Crippen molar-refractivity contribution in [3.8, 4) is 11.5 Å². The molecule has 2 aliphatic rings. The van der Waals surface area contributed by atoms with Gasteiger partial charge in [-0.25, -0.2) is 0 Å². The second-order valence-corrected chi connectivity index (χ2v) is 5.84. The summed E-state index contributed by atoms with van der Waals surface area (Å²) >= 11 is 0. The highest BCUT2D eigenvalue weighted by molar-refractivity contribution is 5.97. The molecule has 0 radical (unpaired) electrons. The van der Waals surface area contributed by atoms with Crippen molar-refractivity contribution in [3.63, 3.8) is 0 Å². The molecule has 0 fully saturated rings. The number of benzene rings is 1. The van der Waals surface area contributed by atoms with E-state index in [1.165, 1.54) is 5.56 Å². The molecule has 4 rings (SSSR count). The zero-order valence-electron chi connectivity index (χ0n) is 13.6. The molecular weight excluding hydrogens is 328 g/mol. The molecule has 2 aliphatic heterocycles. The minimum atomic E-state index is -0.0429. The Labute approximate surface area is 147 Å². The third-order valence-corrected chi connectivity index (χ3v) is 4.77. The number of halogens is 1. The summed E-state index contributed by atoms with van der Waals surface area (Å²) in [5.41, 5.74) is 3.85. The Balaban J connectivity index is 0.00000169. The Morgan fingerprint density at radius 2 is 2.04 bits per heavy atom. The lowest BCUT2D eigenvalue weighted by molar-refractivity contribution is 0.0625. The quantitative estimate of drug-likeness (QED) is 0.839. The highest BCUT2D eigenvalue weighted by Gasteiger charge is 2.39. The van der Waals surface area contributed by atoms with Crippen LogP contribution in [0.15, 0.2) is 30.5 Å². The molecule has 0 spiro atoms. The number of amides is 1. The topological polar surface area (TPSA) is 51.7 Å². The molecule has 0 bridgehead atoms. The summed E-state index contributed by atoms with van der Waals surface area (Å²) in [6.07, 6.45) is 3.28. The van der Waals surface area contributed by atoms with Gasteiger partial charge in [-0.15, -0.1) is 12.4 Å². The van der Waals surface area contributed by atoms with Crippen LogP contribution in [0, 0.1) is 0 Å². The molecule has 1 atom stereocenters. The second-order valence-electron chi connectivity index (χ2n) is 5.84. The number of fused-ring (bicyclic) bond motifs is 4. The highest BCUT2D eigenvalue weighted by atomic mass is 35.5. The number of pyridine rings is 1. The largest absolute Gasteiger partial charge is 0.493 e. The summed E-state index contributed by atoms with van der Waals surface area (Å²) in [4.78, 5) is 19.2. The minimum Gasteiger partial charge on any atom is -0.493 e. The summed E-state index contributed by atoms with van der Waals surface area (Å²) in [5, 5.41) is 0. The lowest BCUT2D eigenvalue weighted by Gasteiger charge is -2.41. The van der Waals surface area contributed by atoms with Crippen molar-refractivity contribution in [2.75, 3.05) is 20.8 Å². The Kier molecular flexibility index (Phi) is 4.37. The van der Waals surface area contributed by atoms with Crippen LogP contribution in [0.5, 0.6) is 11.5 Å². The van der Waals surface area contributed by atoms with Crippen molar-refractivity contribution in [1.29, 1.82) is 0 Å². The Morgan fingerprint density at radius 3 is 2.79 bits per heavy atom. The maximum atomic E-state index is 12.8. The molecule has 0 saturated carbocycles. The molecule has 0 saturated heterocycles. The van der Waals surface area contributed by atoms with Gasteiger partial charge in [-0.05, 0) is 30.2 Å². The van der Waals surface area contributed by atoms with E-state index in [0.717, 1.165) is 30.0 Å². The second kappa shape index (κ2) is 6.32. The van der Waals surface area contributed by atoms with Crippen LogP contribution in [0.3, 0.4) is 0 Å². The lowest BCUT2D eigenvalue weighted by Crippen LogP contribution is -2.44. The molecule has 1 unspecified atom stereocenters. The zero-order chi connectivity index (χ0) is 16.0. The highest BCUT2D eigenvalue weighted by Crippen LogP contribution is 2.45. The Bertz CT molecular complexity index is 794. The van der Waals surface area contributed by atoms with Crippen LogP contribution in [0.1, 0.15) is 33.2 Å². The van der Waals surface area contributed by atoms with Gasteiger partial charge in [0, 0.05) is 24.7 Å². The first-order chi connectivity index (χ1) is 11.2. The van der Waals surface area contributed by atoms with Crippen molar-refractivity contribution < 1.29 is 14.3 Å². The van der Waals surface area contributed by atoms with Crippen LogP contribution in [-0.2, 0) is 12.8 Å². The fraction of sp³-hybridized carbons (Fsp3) is 0.333. The van der Waals surface area contributed by atoms with Crippen LogP contribution in [-0.4, -0.2) is 36.6 Å². The maximum Gasteiger partial charge on any atom is 0.256 e. The summed E-state index contributed by atoms with van der Waals surface area (Å²) in [6, 6.07) is 7.65. The lowest BCUT2D eigenvalue weighted by atomic mass is 9.85. The van der Waals surface area contributed by atoms with Crippen molar-refractivity contribution in [1.82, 2.24) is 9.88 Å². The summed E-state index contributed by atoms with van der Waals surface area (Å²) in [7, 11) is 3.28. The van der Waals surface area contributed by atoms with Gasteiger partial charge in [0.2, 0.25) is 0 Å². The van der Waals surface area contributed by atoms with Gasteiger partial charge in [0.25, 0.3) is 5.91 Å². The normalized spacial score (nSPS) is 18.0. The van der Waals surface area contributed by atoms with Gasteiger partial charge < -0.3 is 14.4 Å². The van der Waals surface area contributed by atoms with Gasteiger partial charge in [-0.3, -0.25) is 9.78 Å². The molecule has 1 aromatic carbocycles. The smallest absolute Gasteiger partial charge is 0.256 e. The third kappa shape index (κ3) is 2.31. The Hall–Kier alpha value is -2.27. The van der Waals surface area contributed by atoms with Crippen molar-refractivity contribution >= 4 is 18.3 Å². The number of ether oxygens (including phenoxy) is 2. The molecule has 2 aromatic rings. The van der Waals surface area contributed by atoms with E-state index in [1.807, 2.05) is 23.1 Å². The molecular formula is C18H19ClN2O3. The molecule has 1 aromatic heterocycles.